The molecule has 1 saturated heterocycles. The number of aromatic nitrogens is 4. The number of likely N-dealkylation sites (tertiary alicyclic amines) is 1. The van der Waals surface area contributed by atoms with Crippen LogP contribution in [0.4, 0.5) is 0 Å². The van der Waals surface area contributed by atoms with Gasteiger partial charge in [0.25, 0.3) is 0 Å². The van der Waals surface area contributed by atoms with Crippen molar-refractivity contribution in [2.45, 2.75) is 96.6 Å². The van der Waals surface area contributed by atoms with Gasteiger partial charge in [0.2, 0.25) is 5.91 Å². The topological polar surface area (TPSA) is 128 Å². The van der Waals surface area contributed by atoms with Crippen molar-refractivity contribution in [3.63, 3.8) is 0 Å². The fourth-order valence-corrected chi connectivity index (χ4v) is 10.3. The number of esters is 1. The molecule has 1 amide bonds. The molecule has 3 saturated carbocycles. The van der Waals surface area contributed by atoms with E-state index in [0.29, 0.717) is 37.1 Å². The highest BCUT2D eigenvalue weighted by Crippen LogP contribution is 2.68. The number of hydrogen-bond acceptors (Lipinski definition) is 9. The molecule has 2 aromatic rings. The first-order valence-corrected chi connectivity index (χ1v) is 17.5. The monoisotopic (exact) mass is 637 g/mol. The molecular formula is C34H47N5O5S. The summed E-state index contributed by atoms with van der Waals surface area (Å²) in [6.45, 7) is 14.1. The van der Waals surface area contributed by atoms with Gasteiger partial charge >= 0.3 is 5.97 Å². The van der Waals surface area contributed by atoms with Crippen LogP contribution in [0.3, 0.4) is 0 Å². The number of amides is 1. The number of ether oxygens (including phenoxy) is 1. The van der Waals surface area contributed by atoms with Gasteiger partial charge in [-0.3, -0.25) is 14.4 Å². The zero-order valence-electron chi connectivity index (χ0n) is 27.0. The molecule has 45 heavy (non-hydrogen) atoms. The van der Waals surface area contributed by atoms with Gasteiger partial charge in [-0.2, -0.15) is 0 Å². The third kappa shape index (κ3) is 5.41. The lowest BCUT2D eigenvalue weighted by Gasteiger charge is -2.61. The summed E-state index contributed by atoms with van der Waals surface area (Å²) in [6.07, 6.45) is 10.6. The van der Waals surface area contributed by atoms with Crippen molar-refractivity contribution in [2.24, 2.45) is 34.0 Å². The Labute approximate surface area is 269 Å². The number of nitrogens with zero attached hydrogens (tertiary/aromatic N) is 5. The standard InChI is InChI=1S/C34H47N5O5S/c1-6-32(4)15-26(33(5)21(2)7-11-34(22(3)30(32)43)12-8-25(40)29(33)34)44-28(42)18-45-23-9-13-38(14-10-23)27(41)17-39-20-37-24-16-35-19-36-31(24)39/h6,16,19-23,26,29-30,43H,1,7-15,17-18H2,2-5H3/t21-,22+,26-,29-,30+,32-,33+,34+/m1/s1. The number of carbonyl (C=O) groups is 3. The maximum Gasteiger partial charge on any atom is 0.316 e. The van der Waals surface area contributed by atoms with Gasteiger partial charge in [0, 0.05) is 41.5 Å². The number of thioether (sulfide) groups is 1. The molecule has 0 radical (unpaired) electrons. The van der Waals surface area contributed by atoms with Crippen molar-refractivity contribution in [2.75, 3.05) is 18.8 Å². The number of rotatable bonds is 7. The van der Waals surface area contributed by atoms with Crippen molar-refractivity contribution < 1.29 is 24.2 Å². The largest absolute Gasteiger partial charge is 0.461 e. The van der Waals surface area contributed by atoms with Crippen LogP contribution in [-0.2, 0) is 25.7 Å². The second kappa shape index (κ2) is 12.1. The summed E-state index contributed by atoms with van der Waals surface area (Å²) in [7, 11) is 0. The quantitative estimate of drug-likeness (QED) is 0.346. The number of fused-ring (bicyclic) bond motifs is 1. The Morgan fingerprint density at radius 2 is 1.93 bits per heavy atom. The van der Waals surface area contributed by atoms with Crippen molar-refractivity contribution in [1.29, 1.82) is 0 Å². The Balaban J connectivity index is 1.09. The number of piperidine rings is 1. The average molecular weight is 638 g/mol. The Bertz CT molecular complexity index is 1470. The molecule has 2 aromatic heterocycles. The molecule has 3 heterocycles. The second-order valence-electron chi connectivity index (χ2n) is 14.6. The van der Waals surface area contributed by atoms with E-state index in [9.17, 15) is 19.5 Å². The van der Waals surface area contributed by atoms with Gasteiger partial charge in [-0.05, 0) is 55.8 Å². The van der Waals surface area contributed by atoms with E-state index < -0.39 is 23.0 Å². The van der Waals surface area contributed by atoms with Crippen molar-refractivity contribution in [1.82, 2.24) is 24.4 Å². The van der Waals surface area contributed by atoms with Crippen LogP contribution in [0, 0.1) is 34.0 Å². The molecule has 0 spiro atoms. The van der Waals surface area contributed by atoms with Crippen LogP contribution >= 0.6 is 11.8 Å². The van der Waals surface area contributed by atoms with Crippen LogP contribution in [0.2, 0.25) is 0 Å². The van der Waals surface area contributed by atoms with Gasteiger partial charge in [0.05, 0.1) is 24.4 Å². The van der Waals surface area contributed by atoms with Crippen LogP contribution in [0.5, 0.6) is 0 Å². The van der Waals surface area contributed by atoms with Crippen LogP contribution in [0.15, 0.2) is 31.5 Å². The lowest BCUT2D eigenvalue weighted by Crippen LogP contribution is -2.63. The Morgan fingerprint density at radius 3 is 2.67 bits per heavy atom. The summed E-state index contributed by atoms with van der Waals surface area (Å²) in [5, 5.41) is 12.0. The molecule has 4 fully saturated rings. The number of aliphatic hydroxyl groups excluding tert-OH is 1. The third-order valence-electron chi connectivity index (χ3n) is 12.4. The molecule has 3 aliphatic carbocycles. The first kappa shape index (κ1) is 32.2. The van der Waals surface area contributed by atoms with E-state index in [0.717, 1.165) is 32.1 Å². The average Bonchev–Trinajstić information content (AvgIpc) is 3.62. The zero-order chi connectivity index (χ0) is 32.1. The molecular weight excluding hydrogens is 590 g/mol. The van der Waals surface area contributed by atoms with Crippen LogP contribution in [0.25, 0.3) is 11.2 Å². The van der Waals surface area contributed by atoms with E-state index in [2.05, 4.69) is 42.3 Å². The van der Waals surface area contributed by atoms with E-state index in [1.54, 1.807) is 28.9 Å². The van der Waals surface area contributed by atoms with Crippen LogP contribution < -0.4 is 0 Å². The smallest absolute Gasteiger partial charge is 0.316 e. The number of imidazole rings is 1. The number of Topliss-reactive ketones (excluding diaryl/α,β-unsaturated/α-hetero) is 1. The van der Waals surface area contributed by atoms with Crippen molar-refractivity contribution in [3.05, 3.63) is 31.5 Å². The molecule has 6 rings (SSSR count). The Morgan fingerprint density at radius 1 is 1.18 bits per heavy atom. The predicted octanol–water partition coefficient (Wildman–Crippen LogP) is 4.46. The van der Waals surface area contributed by atoms with Crippen molar-refractivity contribution in [3.8, 4) is 0 Å². The first-order chi connectivity index (χ1) is 21.4. The zero-order valence-corrected chi connectivity index (χ0v) is 27.8. The van der Waals surface area contributed by atoms with Gasteiger partial charge < -0.3 is 19.3 Å². The van der Waals surface area contributed by atoms with Gasteiger partial charge in [0.15, 0.2) is 5.65 Å². The molecule has 0 unspecified atom stereocenters. The van der Waals surface area contributed by atoms with Gasteiger partial charge in [-0.25, -0.2) is 15.0 Å². The lowest BCUT2D eigenvalue weighted by atomic mass is 9.44. The maximum atomic E-state index is 13.6. The molecule has 8 atom stereocenters. The minimum Gasteiger partial charge on any atom is -0.461 e. The van der Waals surface area contributed by atoms with E-state index in [4.69, 9.17) is 4.74 Å². The molecule has 4 aliphatic rings. The normalized spacial score (nSPS) is 37.1. The molecule has 11 heteroatoms. The summed E-state index contributed by atoms with van der Waals surface area (Å²) in [6, 6.07) is 0. The fraction of sp³-hybridized carbons (Fsp3) is 0.706. The van der Waals surface area contributed by atoms with Crippen LogP contribution in [-0.4, -0.2) is 83.5 Å². The maximum absolute atomic E-state index is 13.6. The van der Waals surface area contributed by atoms with E-state index in [-0.39, 0.29) is 58.4 Å². The summed E-state index contributed by atoms with van der Waals surface area (Å²) >= 11 is 1.59. The summed E-state index contributed by atoms with van der Waals surface area (Å²) in [5.74, 6) is 0.144. The highest BCUT2D eigenvalue weighted by Gasteiger charge is 2.68. The van der Waals surface area contributed by atoms with E-state index in [1.165, 1.54) is 6.33 Å². The van der Waals surface area contributed by atoms with Crippen molar-refractivity contribution >= 4 is 40.6 Å². The number of hydrogen-bond donors (Lipinski definition) is 1. The summed E-state index contributed by atoms with van der Waals surface area (Å²) in [5.41, 5.74) is -0.139. The minimum absolute atomic E-state index is 0.0224. The minimum atomic E-state index is -0.675. The van der Waals surface area contributed by atoms with Gasteiger partial charge in [-0.1, -0.05) is 33.8 Å². The van der Waals surface area contributed by atoms with E-state index in [1.807, 2.05) is 17.9 Å². The van der Waals surface area contributed by atoms with E-state index >= 15 is 0 Å². The molecule has 1 N–H and O–H groups in total. The molecule has 10 nitrogen and oxygen atoms in total. The SMILES string of the molecule is C=C[C@]1(C)C[C@@H](OC(=O)CSC2CCN(C(=O)Cn3cnc4cncnc43)CC2)[C@]2(C)[C@H](C)CC[C@]3(CCC(=O)[C@@H]32)[C@@H](C)[C@@H]1O. The summed E-state index contributed by atoms with van der Waals surface area (Å²) in [4.78, 5) is 54.5. The second-order valence-corrected chi connectivity index (χ2v) is 15.8. The Kier molecular flexibility index (Phi) is 8.65. The number of ketones is 1. The number of aliphatic hydroxyl groups is 1. The molecule has 1 aliphatic heterocycles. The molecule has 0 aromatic carbocycles. The van der Waals surface area contributed by atoms with Gasteiger partial charge in [-0.15, -0.1) is 18.3 Å². The number of carbonyl (C=O) groups excluding carboxylic acids is 3. The highest BCUT2D eigenvalue weighted by molar-refractivity contribution is 8.00. The first-order valence-electron chi connectivity index (χ1n) is 16.5. The summed E-state index contributed by atoms with van der Waals surface area (Å²) < 4.78 is 8.16. The highest BCUT2D eigenvalue weighted by atomic mass is 32.2. The predicted molar refractivity (Wildman–Crippen MR) is 172 cm³/mol. The van der Waals surface area contributed by atoms with Gasteiger partial charge in [0.1, 0.15) is 30.3 Å². The Hall–Kier alpha value is -2.79. The molecule has 244 valence electrons. The molecule has 2 bridgehead atoms. The fourth-order valence-electron chi connectivity index (χ4n) is 9.33. The van der Waals surface area contributed by atoms with Crippen LogP contribution in [0.1, 0.15) is 72.6 Å². The third-order valence-corrected chi connectivity index (χ3v) is 13.7. The lowest BCUT2D eigenvalue weighted by molar-refractivity contribution is -0.205.